The monoisotopic (exact) mass is 396 g/mol. The second-order valence-corrected chi connectivity index (χ2v) is 6.64. The average Bonchev–Trinajstić information content (AvgIpc) is 2.95. The Morgan fingerprint density at radius 2 is 1.93 bits per heavy atom. The minimum Gasteiger partial charge on any atom is -0.497 e. The lowest BCUT2D eigenvalue weighted by molar-refractivity contribution is -0.385. The fraction of sp³-hybridized carbons (Fsp3) is 0.250. The molecule has 3 rings (SSSR count). The van der Waals surface area contributed by atoms with Gasteiger partial charge in [-0.2, -0.15) is 5.10 Å². The Bertz CT molecular complexity index is 1000. The van der Waals surface area contributed by atoms with Gasteiger partial charge in [0, 0.05) is 17.2 Å². The Morgan fingerprint density at radius 3 is 2.52 bits per heavy atom. The predicted molar refractivity (Wildman–Crippen MR) is 106 cm³/mol. The highest BCUT2D eigenvalue weighted by atomic mass is 16.6. The van der Waals surface area contributed by atoms with E-state index < -0.39 is 22.4 Å². The third-order valence-electron chi connectivity index (χ3n) is 4.85. The second kappa shape index (κ2) is 7.70. The fourth-order valence-corrected chi connectivity index (χ4v) is 3.10. The molecule has 0 aliphatic carbocycles. The lowest BCUT2D eigenvalue weighted by Crippen LogP contribution is -2.40. The number of nitro groups is 1. The summed E-state index contributed by atoms with van der Waals surface area (Å²) in [6.45, 7) is 3.41. The van der Waals surface area contributed by atoms with E-state index in [2.05, 4.69) is 10.4 Å². The van der Waals surface area contributed by atoms with Crippen LogP contribution in [0.15, 0.2) is 47.6 Å². The van der Waals surface area contributed by atoms with E-state index in [0.29, 0.717) is 28.9 Å². The van der Waals surface area contributed by atoms with Gasteiger partial charge in [0.25, 0.3) is 11.6 Å². The Balaban J connectivity index is 1.86. The molecule has 1 saturated heterocycles. The molecule has 0 radical (unpaired) electrons. The molecule has 2 aromatic rings. The van der Waals surface area contributed by atoms with Crippen molar-refractivity contribution in [3.8, 4) is 5.75 Å². The van der Waals surface area contributed by atoms with Gasteiger partial charge >= 0.3 is 6.03 Å². The first-order chi connectivity index (χ1) is 13.8. The van der Waals surface area contributed by atoms with Crippen molar-refractivity contribution in [1.82, 2.24) is 10.3 Å². The first-order valence-corrected chi connectivity index (χ1v) is 8.92. The summed E-state index contributed by atoms with van der Waals surface area (Å²) >= 11 is 0. The lowest BCUT2D eigenvalue weighted by Gasteiger charge is -2.21. The molecule has 0 saturated carbocycles. The van der Waals surface area contributed by atoms with E-state index in [4.69, 9.17) is 4.74 Å². The van der Waals surface area contributed by atoms with Crippen LogP contribution in [0.25, 0.3) is 0 Å². The van der Waals surface area contributed by atoms with Crippen molar-refractivity contribution in [2.45, 2.75) is 25.8 Å². The minimum absolute atomic E-state index is 0.0308. The number of carbonyl (C=O) groups excluding carboxylic acids is 2. The molecule has 1 heterocycles. The molecular formula is C20H20N4O5. The number of nitrogens with one attached hydrogen (secondary N) is 1. The highest BCUT2D eigenvalue weighted by Gasteiger charge is 2.49. The summed E-state index contributed by atoms with van der Waals surface area (Å²) in [7, 11) is 1.53. The van der Waals surface area contributed by atoms with Crippen molar-refractivity contribution < 1.29 is 19.2 Å². The van der Waals surface area contributed by atoms with E-state index in [9.17, 15) is 19.7 Å². The van der Waals surface area contributed by atoms with Crippen LogP contribution in [0, 0.1) is 10.1 Å². The molecule has 3 amide bonds. The number of benzene rings is 2. The zero-order chi connectivity index (χ0) is 21.2. The number of hydrazone groups is 1. The molecule has 0 aromatic heterocycles. The molecule has 1 atom stereocenters. The SMILES string of the molecule is CCc1ccc(/C=N\N2C(=O)N[C@@](C)(c3ccc(OC)cc3)C2=O)cc1[N+](=O)[O-]. The summed E-state index contributed by atoms with van der Waals surface area (Å²) in [5, 5.41) is 18.5. The van der Waals surface area contributed by atoms with Gasteiger partial charge in [-0.1, -0.05) is 31.2 Å². The summed E-state index contributed by atoms with van der Waals surface area (Å²) in [4.78, 5) is 36.0. The Morgan fingerprint density at radius 1 is 1.24 bits per heavy atom. The maximum absolute atomic E-state index is 12.9. The smallest absolute Gasteiger partial charge is 0.346 e. The van der Waals surface area contributed by atoms with Crippen LogP contribution in [0.4, 0.5) is 10.5 Å². The van der Waals surface area contributed by atoms with Gasteiger partial charge in [-0.3, -0.25) is 14.9 Å². The fourth-order valence-electron chi connectivity index (χ4n) is 3.10. The average molecular weight is 396 g/mol. The number of rotatable bonds is 6. The number of hydrogen-bond donors (Lipinski definition) is 1. The number of nitro benzene ring substituents is 1. The van der Waals surface area contributed by atoms with E-state index >= 15 is 0 Å². The third-order valence-corrected chi connectivity index (χ3v) is 4.85. The van der Waals surface area contributed by atoms with Crippen molar-refractivity contribution in [2.75, 3.05) is 7.11 Å². The second-order valence-electron chi connectivity index (χ2n) is 6.64. The van der Waals surface area contributed by atoms with Crippen molar-refractivity contribution in [3.63, 3.8) is 0 Å². The molecule has 0 unspecified atom stereocenters. The van der Waals surface area contributed by atoms with Crippen molar-refractivity contribution >= 4 is 23.8 Å². The minimum atomic E-state index is -1.28. The Labute approximate surface area is 167 Å². The number of carbonyl (C=O) groups is 2. The molecule has 2 aromatic carbocycles. The van der Waals surface area contributed by atoms with Crippen molar-refractivity contribution in [2.24, 2.45) is 5.10 Å². The number of aryl methyl sites for hydroxylation is 1. The van der Waals surface area contributed by atoms with Crippen LogP contribution in [0.2, 0.25) is 0 Å². The first kappa shape index (κ1) is 20.0. The molecular weight excluding hydrogens is 376 g/mol. The van der Waals surface area contributed by atoms with Crippen LogP contribution in [0.5, 0.6) is 5.75 Å². The molecule has 150 valence electrons. The van der Waals surface area contributed by atoms with Crippen LogP contribution >= 0.6 is 0 Å². The topological polar surface area (TPSA) is 114 Å². The summed E-state index contributed by atoms with van der Waals surface area (Å²) in [6, 6.07) is 10.7. The highest BCUT2D eigenvalue weighted by molar-refractivity contribution is 6.07. The van der Waals surface area contributed by atoms with Crippen molar-refractivity contribution in [3.05, 3.63) is 69.3 Å². The van der Waals surface area contributed by atoms with E-state index in [1.165, 1.54) is 19.4 Å². The van der Waals surface area contributed by atoms with Gasteiger partial charge in [0.05, 0.1) is 18.2 Å². The normalized spacial score (nSPS) is 18.9. The predicted octanol–water partition coefficient (Wildman–Crippen LogP) is 2.97. The van der Waals surface area contributed by atoms with Crippen LogP contribution in [-0.4, -0.2) is 35.2 Å². The first-order valence-electron chi connectivity index (χ1n) is 8.92. The molecule has 9 heteroatoms. The van der Waals surface area contributed by atoms with Gasteiger partial charge in [0.1, 0.15) is 11.3 Å². The number of amides is 3. The maximum atomic E-state index is 12.9. The number of urea groups is 1. The summed E-state index contributed by atoms with van der Waals surface area (Å²) < 4.78 is 5.11. The molecule has 29 heavy (non-hydrogen) atoms. The quantitative estimate of drug-likeness (QED) is 0.349. The van der Waals surface area contributed by atoms with Crippen LogP contribution in [0.1, 0.15) is 30.5 Å². The lowest BCUT2D eigenvalue weighted by atomic mass is 9.92. The summed E-state index contributed by atoms with van der Waals surface area (Å²) in [6.07, 6.45) is 1.77. The number of imide groups is 1. The number of hydrogen-bond acceptors (Lipinski definition) is 6. The van der Waals surface area contributed by atoms with Gasteiger partial charge in [-0.15, -0.1) is 5.01 Å². The number of ether oxygens (including phenoxy) is 1. The van der Waals surface area contributed by atoms with E-state index in [1.54, 1.807) is 43.3 Å². The van der Waals surface area contributed by atoms with Gasteiger partial charge in [-0.25, -0.2) is 4.79 Å². The van der Waals surface area contributed by atoms with Gasteiger partial charge in [0.15, 0.2) is 0 Å². The van der Waals surface area contributed by atoms with Gasteiger partial charge in [-0.05, 0) is 31.0 Å². The summed E-state index contributed by atoms with van der Waals surface area (Å²) in [5.41, 5.74) is 0.273. The van der Waals surface area contributed by atoms with Gasteiger partial charge in [0.2, 0.25) is 0 Å². The summed E-state index contributed by atoms with van der Waals surface area (Å²) in [5.74, 6) is 0.0738. The Hall–Kier alpha value is -3.75. The highest BCUT2D eigenvalue weighted by Crippen LogP contribution is 2.30. The van der Waals surface area contributed by atoms with Crippen molar-refractivity contribution in [1.29, 1.82) is 0 Å². The maximum Gasteiger partial charge on any atom is 0.346 e. The molecule has 1 aliphatic heterocycles. The molecule has 0 spiro atoms. The van der Waals surface area contributed by atoms with Crippen LogP contribution in [-0.2, 0) is 16.8 Å². The molecule has 1 N–H and O–H groups in total. The third kappa shape index (κ3) is 3.66. The van der Waals surface area contributed by atoms with Crippen LogP contribution in [0.3, 0.4) is 0 Å². The molecule has 1 aliphatic rings. The standard InChI is InChI=1S/C20H20N4O5/c1-4-14-6-5-13(11-17(14)24(27)28)12-21-23-18(25)20(2,22-19(23)26)15-7-9-16(29-3)10-8-15/h5-12H,4H2,1-3H3,(H,22,26)/b21-12-/t20-/m0/s1. The zero-order valence-corrected chi connectivity index (χ0v) is 16.2. The largest absolute Gasteiger partial charge is 0.497 e. The molecule has 1 fully saturated rings. The van der Waals surface area contributed by atoms with E-state index in [-0.39, 0.29) is 5.69 Å². The zero-order valence-electron chi connectivity index (χ0n) is 16.2. The van der Waals surface area contributed by atoms with Gasteiger partial charge < -0.3 is 10.1 Å². The van der Waals surface area contributed by atoms with Crippen LogP contribution < -0.4 is 10.1 Å². The van der Waals surface area contributed by atoms with E-state index in [0.717, 1.165) is 5.01 Å². The number of methoxy groups -OCH3 is 1. The molecule has 0 bridgehead atoms. The number of nitrogens with zero attached hydrogens (tertiary/aromatic N) is 3. The Kier molecular flexibility index (Phi) is 5.31. The van der Waals surface area contributed by atoms with E-state index in [1.807, 2.05) is 6.92 Å². The molecule has 9 nitrogen and oxygen atoms in total.